The lowest BCUT2D eigenvalue weighted by atomic mass is 10.2. The zero-order chi connectivity index (χ0) is 9.68. The van der Waals surface area contributed by atoms with Crippen molar-refractivity contribution in [2.75, 3.05) is 5.75 Å². The minimum absolute atomic E-state index is 0.578. The number of rotatable bonds is 4. The number of hydrogen-bond donors (Lipinski definition) is 0. The Labute approximate surface area is 88.9 Å². The topological polar surface area (TPSA) is 12.9 Å². The standard InChI is InChI=1S/C10H14ClNS/c1-3-8(2)7-13-9-4-5-12-10(11)6-9/h4-6,8H,3,7H2,1-2H3. The van der Waals surface area contributed by atoms with E-state index in [0.29, 0.717) is 5.15 Å². The van der Waals surface area contributed by atoms with Crippen molar-refractivity contribution < 1.29 is 0 Å². The van der Waals surface area contributed by atoms with Gasteiger partial charge in [0.2, 0.25) is 0 Å². The first-order valence-corrected chi connectivity index (χ1v) is 5.83. The highest BCUT2D eigenvalue weighted by Crippen LogP contribution is 2.23. The monoisotopic (exact) mass is 215 g/mol. The fraction of sp³-hybridized carbons (Fsp3) is 0.500. The molecule has 1 nitrogen and oxygen atoms in total. The normalized spacial score (nSPS) is 12.8. The van der Waals surface area contributed by atoms with E-state index in [1.54, 1.807) is 6.20 Å². The summed E-state index contributed by atoms with van der Waals surface area (Å²) in [6.45, 7) is 4.47. The molecule has 0 aliphatic carbocycles. The van der Waals surface area contributed by atoms with Gasteiger partial charge in [-0.2, -0.15) is 0 Å². The second-order valence-electron chi connectivity index (χ2n) is 3.14. The summed E-state index contributed by atoms with van der Waals surface area (Å²) in [6.07, 6.45) is 2.98. The molecule has 0 N–H and O–H groups in total. The minimum Gasteiger partial charge on any atom is -0.244 e. The summed E-state index contributed by atoms with van der Waals surface area (Å²) < 4.78 is 0. The lowest BCUT2D eigenvalue weighted by Crippen LogP contribution is -1.94. The third-order valence-electron chi connectivity index (χ3n) is 1.93. The maximum Gasteiger partial charge on any atom is 0.130 e. The maximum atomic E-state index is 5.77. The number of thioether (sulfide) groups is 1. The first-order chi connectivity index (χ1) is 6.22. The molecule has 0 aliphatic heterocycles. The summed E-state index contributed by atoms with van der Waals surface area (Å²) in [5.74, 6) is 1.91. The van der Waals surface area contributed by atoms with Crippen molar-refractivity contribution in [3.8, 4) is 0 Å². The molecule has 3 heteroatoms. The van der Waals surface area contributed by atoms with Gasteiger partial charge in [0.1, 0.15) is 5.15 Å². The molecule has 72 valence electrons. The van der Waals surface area contributed by atoms with Crippen LogP contribution in [0.15, 0.2) is 23.2 Å². The van der Waals surface area contributed by atoms with Crippen molar-refractivity contribution in [1.82, 2.24) is 4.98 Å². The van der Waals surface area contributed by atoms with Gasteiger partial charge in [0.05, 0.1) is 0 Å². The molecular weight excluding hydrogens is 202 g/mol. The second-order valence-corrected chi connectivity index (χ2v) is 4.62. The van der Waals surface area contributed by atoms with Crippen LogP contribution in [0, 0.1) is 5.92 Å². The molecule has 0 saturated heterocycles. The predicted octanol–water partition coefficient (Wildman–Crippen LogP) is 3.87. The quantitative estimate of drug-likeness (QED) is 0.559. The van der Waals surface area contributed by atoms with Crippen LogP contribution in [-0.4, -0.2) is 10.7 Å². The minimum atomic E-state index is 0.578. The van der Waals surface area contributed by atoms with Gasteiger partial charge in [-0.15, -0.1) is 11.8 Å². The number of pyridine rings is 1. The van der Waals surface area contributed by atoms with Crippen LogP contribution in [0.1, 0.15) is 20.3 Å². The molecule has 0 radical (unpaired) electrons. The maximum absolute atomic E-state index is 5.77. The number of hydrogen-bond acceptors (Lipinski definition) is 2. The van der Waals surface area contributed by atoms with E-state index in [4.69, 9.17) is 11.6 Å². The van der Waals surface area contributed by atoms with E-state index in [0.717, 1.165) is 11.7 Å². The van der Waals surface area contributed by atoms with Gasteiger partial charge in [-0.25, -0.2) is 4.98 Å². The molecule has 1 heterocycles. The average Bonchev–Trinajstić information content (AvgIpc) is 2.14. The van der Waals surface area contributed by atoms with Crippen molar-refractivity contribution in [2.45, 2.75) is 25.2 Å². The summed E-state index contributed by atoms with van der Waals surface area (Å²) in [4.78, 5) is 5.15. The fourth-order valence-corrected chi connectivity index (χ4v) is 2.13. The molecule has 1 atom stereocenters. The van der Waals surface area contributed by atoms with E-state index in [-0.39, 0.29) is 0 Å². The molecule has 0 amide bonds. The van der Waals surface area contributed by atoms with E-state index in [1.807, 2.05) is 23.9 Å². The van der Waals surface area contributed by atoms with Gasteiger partial charge in [-0.05, 0) is 18.1 Å². The number of aromatic nitrogens is 1. The molecule has 1 unspecified atom stereocenters. The van der Waals surface area contributed by atoms with Gasteiger partial charge in [-0.1, -0.05) is 31.9 Å². The summed E-state index contributed by atoms with van der Waals surface area (Å²) in [6, 6.07) is 3.91. The lowest BCUT2D eigenvalue weighted by Gasteiger charge is -2.07. The van der Waals surface area contributed by atoms with E-state index in [2.05, 4.69) is 18.8 Å². The van der Waals surface area contributed by atoms with E-state index >= 15 is 0 Å². The van der Waals surface area contributed by atoms with Gasteiger partial charge in [0.25, 0.3) is 0 Å². The highest BCUT2D eigenvalue weighted by atomic mass is 35.5. The van der Waals surface area contributed by atoms with Crippen LogP contribution in [0.3, 0.4) is 0 Å². The van der Waals surface area contributed by atoms with E-state index in [1.165, 1.54) is 11.3 Å². The van der Waals surface area contributed by atoms with Gasteiger partial charge in [-0.3, -0.25) is 0 Å². The second kappa shape index (κ2) is 5.51. The number of nitrogens with zero attached hydrogens (tertiary/aromatic N) is 1. The molecule has 1 aromatic heterocycles. The summed E-state index contributed by atoms with van der Waals surface area (Å²) in [7, 11) is 0. The first kappa shape index (κ1) is 10.9. The lowest BCUT2D eigenvalue weighted by molar-refractivity contribution is 0.637. The molecule has 0 bridgehead atoms. The third-order valence-corrected chi connectivity index (χ3v) is 3.46. The van der Waals surface area contributed by atoms with Crippen molar-refractivity contribution in [1.29, 1.82) is 0 Å². The SMILES string of the molecule is CCC(C)CSc1ccnc(Cl)c1. The van der Waals surface area contributed by atoms with Crippen LogP contribution in [0.5, 0.6) is 0 Å². The average molecular weight is 216 g/mol. The van der Waals surface area contributed by atoms with Crippen LogP contribution in [0.2, 0.25) is 5.15 Å². The Morgan fingerprint density at radius 2 is 2.38 bits per heavy atom. The molecular formula is C10H14ClNS. The van der Waals surface area contributed by atoms with Gasteiger partial charge < -0.3 is 0 Å². The Bertz CT molecular complexity index is 265. The molecule has 1 aromatic rings. The largest absolute Gasteiger partial charge is 0.244 e. The van der Waals surface area contributed by atoms with Crippen LogP contribution in [0.4, 0.5) is 0 Å². The van der Waals surface area contributed by atoms with E-state index < -0.39 is 0 Å². The van der Waals surface area contributed by atoms with Crippen molar-refractivity contribution >= 4 is 23.4 Å². The van der Waals surface area contributed by atoms with Gasteiger partial charge in [0.15, 0.2) is 0 Å². The van der Waals surface area contributed by atoms with Crippen LogP contribution in [-0.2, 0) is 0 Å². The van der Waals surface area contributed by atoms with Crippen LogP contribution in [0.25, 0.3) is 0 Å². The van der Waals surface area contributed by atoms with Crippen molar-refractivity contribution in [3.05, 3.63) is 23.5 Å². The summed E-state index contributed by atoms with van der Waals surface area (Å²) in [5, 5.41) is 0.578. The van der Waals surface area contributed by atoms with Crippen molar-refractivity contribution in [3.63, 3.8) is 0 Å². The smallest absolute Gasteiger partial charge is 0.130 e. The Balaban J connectivity index is 2.45. The third kappa shape index (κ3) is 4.01. The zero-order valence-corrected chi connectivity index (χ0v) is 9.53. The fourth-order valence-electron chi connectivity index (χ4n) is 0.831. The van der Waals surface area contributed by atoms with Crippen LogP contribution < -0.4 is 0 Å². The molecule has 0 aromatic carbocycles. The molecule has 0 saturated carbocycles. The Morgan fingerprint density at radius 3 is 3.00 bits per heavy atom. The van der Waals surface area contributed by atoms with Crippen molar-refractivity contribution in [2.24, 2.45) is 5.92 Å². The molecule has 1 rings (SSSR count). The zero-order valence-electron chi connectivity index (χ0n) is 7.96. The Morgan fingerprint density at radius 1 is 1.62 bits per heavy atom. The highest BCUT2D eigenvalue weighted by molar-refractivity contribution is 7.99. The van der Waals surface area contributed by atoms with E-state index in [9.17, 15) is 0 Å². The summed E-state index contributed by atoms with van der Waals surface area (Å²) >= 11 is 7.61. The van der Waals surface area contributed by atoms with Gasteiger partial charge >= 0.3 is 0 Å². The molecule has 0 spiro atoms. The molecule has 0 aliphatic rings. The Hall–Kier alpha value is -0.210. The Kier molecular flexibility index (Phi) is 4.60. The highest BCUT2D eigenvalue weighted by Gasteiger charge is 2.00. The summed E-state index contributed by atoms with van der Waals surface area (Å²) in [5.41, 5.74) is 0. The first-order valence-electron chi connectivity index (χ1n) is 4.46. The molecule has 0 fully saturated rings. The number of halogens is 1. The van der Waals surface area contributed by atoms with Gasteiger partial charge in [0, 0.05) is 16.8 Å². The molecule has 13 heavy (non-hydrogen) atoms. The predicted molar refractivity (Wildman–Crippen MR) is 59.4 cm³/mol. The van der Waals surface area contributed by atoms with Crippen LogP contribution >= 0.6 is 23.4 Å².